The maximum atomic E-state index is 4.07. The molecule has 0 aromatic heterocycles. The van der Waals surface area contributed by atoms with E-state index < -0.39 is 0 Å². The Labute approximate surface area is 90.8 Å². The second-order valence-corrected chi connectivity index (χ2v) is 4.35. The van der Waals surface area contributed by atoms with E-state index >= 15 is 0 Å². The van der Waals surface area contributed by atoms with Gasteiger partial charge in [0.2, 0.25) is 0 Å². The lowest BCUT2D eigenvalue weighted by molar-refractivity contribution is 0.186. The largest absolute Gasteiger partial charge is 0.0999 e. The molecule has 0 bridgehead atoms. The van der Waals surface area contributed by atoms with Crippen LogP contribution in [-0.2, 0) is 0 Å². The van der Waals surface area contributed by atoms with Crippen molar-refractivity contribution in [3.05, 3.63) is 12.2 Å². The molecule has 0 heterocycles. The van der Waals surface area contributed by atoms with Crippen LogP contribution in [0.2, 0.25) is 0 Å². The third kappa shape index (κ3) is 3.86. The molecule has 0 heteroatoms. The van der Waals surface area contributed by atoms with E-state index in [9.17, 15) is 0 Å². The minimum absolute atomic E-state index is 0.690. The first kappa shape index (κ1) is 13.7. The molecular weight excluding hydrogens is 168 g/mol. The molecule has 0 radical (unpaired) electrons. The summed E-state index contributed by atoms with van der Waals surface area (Å²) in [6, 6.07) is 0. The molecule has 0 unspecified atom stereocenters. The number of hydrogen-bond donors (Lipinski definition) is 0. The smallest absolute Gasteiger partial charge is 0.0294 e. The van der Waals surface area contributed by atoms with Crippen molar-refractivity contribution in [1.82, 2.24) is 0 Å². The van der Waals surface area contributed by atoms with Crippen LogP contribution < -0.4 is 0 Å². The molecule has 1 aliphatic carbocycles. The second kappa shape index (κ2) is 7.09. The van der Waals surface area contributed by atoms with Crippen molar-refractivity contribution < 1.29 is 0 Å². The summed E-state index contributed by atoms with van der Waals surface area (Å²) >= 11 is 0. The maximum absolute atomic E-state index is 4.07. The predicted octanol–water partition coefficient (Wildman–Crippen LogP) is 5.34. The summed E-state index contributed by atoms with van der Waals surface area (Å²) in [6.07, 6.45) is 9.51. The highest BCUT2D eigenvalue weighted by Crippen LogP contribution is 2.44. The monoisotopic (exact) mass is 196 g/mol. The quantitative estimate of drug-likeness (QED) is 0.534. The Hall–Kier alpha value is -0.260. The van der Waals surface area contributed by atoms with Gasteiger partial charge in [-0.3, -0.25) is 0 Å². The molecule has 0 N–H and O–H groups in total. The summed E-state index contributed by atoms with van der Waals surface area (Å²) in [5.41, 5.74) is 2.17. The highest BCUT2D eigenvalue weighted by atomic mass is 14.3. The van der Waals surface area contributed by atoms with Crippen molar-refractivity contribution >= 4 is 0 Å². The summed E-state index contributed by atoms with van der Waals surface area (Å²) in [5, 5.41) is 0. The summed E-state index contributed by atoms with van der Waals surface area (Å²) < 4.78 is 0. The number of hydrogen-bond acceptors (Lipinski definition) is 0. The standard InChI is InChI=1S/C12H22.C2H6/c1-4-8-12(5-2)9-6-11(3)7-10-12;1-2/h3-10H2,1-2H3;1-2H3. The van der Waals surface area contributed by atoms with Gasteiger partial charge in [-0.25, -0.2) is 0 Å². The van der Waals surface area contributed by atoms with Gasteiger partial charge in [0.15, 0.2) is 0 Å². The predicted molar refractivity (Wildman–Crippen MR) is 66.6 cm³/mol. The molecule has 14 heavy (non-hydrogen) atoms. The average molecular weight is 196 g/mol. The molecule has 0 aromatic carbocycles. The van der Waals surface area contributed by atoms with Crippen molar-refractivity contribution in [1.29, 1.82) is 0 Å². The molecule has 0 atom stereocenters. The molecule has 1 aliphatic rings. The van der Waals surface area contributed by atoms with E-state index in [1.165, 1.54) is 50.5 Å². The van der Waals surface area contributed by atoms with E-state index in [1.54, 1.807) is 0 Å². The van der Waals surface area contributed by atoms with Crippen LogP contribution in [0.5, 0.6) is 0 Å². The average Bonchev–Trinajstić information content (AvgIpc) is 2.25. The van der Waals surface area contributed by atoms with Gasteiger partial charge < -0.3 is 0 Å². The summed E-state index contributed by atoms with van der Waals surface area (Å²) in [6.45, 7) is 12.7. The number of allylic oxidation sites excluding steroid dienone is 1. The molecule has 1 fully saturated rings. The van der Waals surface area contributed by atoms with E-state index in [2.05, 4.69) is 20.4 Å². The Bertz CT molecular complexity index is 145. The van der Waals surface area contributed by atoms with Crippen LogP contribution in [-0.4, -0.2) is 0 Å². The fraction of sp³-hybridized carbons (Fsp3) is 0.857. The zero-order chi connectivity index (χ0) is 11.0. The van der Waals surface area contributed by atoms with Crippen LogP contribution >= 0.6 is 0 Å². The molecule has 1 saturated carbocycles. The Kier molecular flexibility index (Phi) is 6.96. The van der Waals surface area contributed by atoms with Crippen LogP contribution in [0.25, 0.3) is 0 Å². The van der Waals surface area contributed by atoms with Crippen LogP contribution in [0, 0.1) is 5.41 Å². The van der Waals surface area contributed by atoms with Gasteiger partial charge in [0.05, 0.1) is 0 Å². The van der Waals surface area contributed by atoms with E-state index in [0.29, 0.717) is 5.41 Å². The SMILES string of the molecule is C=C1CCC(CC)(CCC)CC1.CC. The Morgan fingerprint density at radius 3 is 2.00 bits per heavy atom. The summed E-state index contributed by atoms with van der Waals surface area (Å²) in [4.78, 5) is 0. The second-order valence-electron chi connectivity index (χ2n) is 4.35. The van der Waals surface area contributed by atoms with Crippen LogP contribution in [0.3, 0.4) is 0 Å². The van der Waals surface area contributed by atoms with Crippen LogP contribution in [0.15, 0.2) is 12.2 Å². The lowest BCUT2D eigenvalue weighted by Gasteiger charge is -2.37. The fourth-order valence-electron chi connectivity index (χ4n) is 2.44. The zero-order valence-electron chi connectivity index (χ0n) is 10.7. The molecule has 0 spiro atoms. The molecule has 0 saturated heterocycles. The van der Waals surface area contributed by atoms with E-state index in [1.807, 2.05) is 13.8 Å². The third-order valence-electron chi connectivity index (χ3n) is 3.55. The maximum Gasteiger partial charge on any atom is -0.0294 e. The molecule has 84 valence electrons. The van der Waals surface area contributed by atoms with Crippen molar-refractivity contribution in [2.24, 2.45) is 5.41 Å². The lowest BCUT2D eigenvalue weighted by Crippen LogP contribution is -2.23. The lowest BCUT2D eigenvalue weighted by atomic mass is 9.68. The van der Waals surface area contributed by atoms with Gasteiger partial charge in [0.1, 0.15) is 0 Å². The van der Waals surface area contributed by atoms with Crippen molar-refractivity contribution in [2.45, 2.75) is 72.6 Å². The summed E-state index contributed by atoms with van der Waals surface area (Å²) in [5.74, 6) is 0. The molecular formula is C14H28. The first-order valence-corrected chi connectivity index (χ1v) is 6.39. The Morgan fingerprint density at radius 1 is 1.14 bits per heavy atom. The molecule has 0 aromatic rings. The highest BCUT2D eigenvalue weighted by molar-refractivity contribution is 5.02. The third-order valence-corrected chi connectivity index (χ3v) is 3.55. The van der Waals surface area contributed by atoms with Gasteiger partial charge in [0, 0.05) is 0 Å². The molecule has 0 nitrogen and oxygen atoms in total. The van der Waals surface area contributed by atoms with E-state index in [0.717, 1.165) is 0 Å². The summed E-state index contributed by atoms with van der Waals surface area (Å²) in [7, 11) is 0. The minimum Gasteiger partial charge on any atom is -0.0999 e. The van der Waals surface area contributed by atoms with Gasteiger partial charge >= 0.3 is 0 Å². The Morgan fingerprint density at radius 2 is 1.64 bits per heavy atom. The highest BCUT2D eigenvalue weighted by Gasteiger charge is 2.29. The first-order chi connectivity index (χ1) is 6.72. The van der Waals surface area contributed by atoms with Crippen LogP contribution in [0.1, 0.15) is 72.6 Å². The van der Waals surface area contributed by atoms with Crippen molar-refractivity contribution in [2.75, 3.05) is 0 Å². The van der Waals surface area contributed by atoms with Crippen LogP contribution in [0.4, 0.5) is 0 Å². The van der Waals surface area contributed by atoms with Gasteiger partial charge in [-0.2, -0.15) is 0 Å². The Balaban J connectivity index is 0.000000791. The van der Waals surface area contributed by atoms with Gasteiger partial charge in [-0.05, 0) is 37.5 Å². The topological polar surface area (TPSA) is 0 Å². The van der Waals surface area contributed by atoms with Gasteiger partial charge in [-0.1, -0.05) is 52.7 Å². The zero-order valence-corrected chi connectivity index (χ0v) is 10.7. The van der Waals surface area contributed by atoms with Crippen molar-refractivity contribution in [3.63, 3.8) is 0 Å². The molecule has 1 rings (SSSR count). The number of rotatable bonds is 3. The van der Waals surface area contributed by atoms with E-state index in [-0.39, 0.29) is 0 Å². The van der Waals surface area contributed by atoms with Gasteiger partial charge in [-0.15, -0.1) is 0 Å². The molecule has 0 amide bonds. The van der Waals surface area contributed by atoms with Crippen molar-refractivity contribution in [3.8, 4) is 0 Å². The van der Waals surface area contributed by atoms with Gasteiger partial charge in [0.25, 0.3) is 0 Å². The first-order valence-electron chi connectivity index (χ1n) is 6.39. The minimum atomic E-state index is 0.690. The van der Waals surface area contributed by atoms with E-state index in [4.69, 9.17) is 0 Å². The normalized spacial score (nSPS) is 19.9. The molecule has 0 aliphatic heterocycles. The fourth-order valence-corrected chi connectivity index (χ4v) is 2.44.